The Morgan fingerprint density at radius 2 is 1.94 bits per heavy atom. The standard InChI is InChI=1S/C25H25N3O3/c1-30-22-12-11-19-24(29)23(16-21-17-8-3-4-10-20(17)26-27-21)31-25(19)18(22)9-7-15-28-13-5-2-6-14-28/h3-4,7-12,16,29H,2,5-6,13-15H2,1H3/b9-7-,21-16?. The fourth-order valence-electron chi connectivity index (χ4n) is 4.23. The maximum atomic E-state index is 10.8. The molecule has 5 rings (SSSR count). The number of methoxy groups -OCH3 is 1. The molecule has 2 aliphatic rings. The van der Waals surface area contributed by atoms with Crippen LogP contribution in [-0.4, -0.2) is 36.8 Å². The van der Waals surface area contributed by atoms with Crippen molar-refractivity contribution in [2.45, 2.75) is 19.3 Å². The van der Waals surface area contributed by atoms with E-state index in [4.69, 9.17) is 9.15 Å². The van der Waals surface area contributed by atoms with Crippen molar-refractivity contribution in [1.82, 2.24) is 4.90 Å². The molecular formula is C25H25N3O3. The fourth-order valence-corrected chi connectivity index (χ4v) is 4.23. The zero-order valence-electron chi connectivity index (χ0n) is 17.5. The molecule has 0 unspecified atom stereocenters. The van der Waals surface area contributed by atoms with E-state index in [1.54, 1.807) is 13.2 Å². The van der Waals surface area contributed by atoms with Crippen LogP contribution < -0.4 is 4.74 Å². The van der Waals surface area contributed by atoms with Crippen LogP contribution in [0.25, 0.3) is 28.8 Å². The number of ether oxygens (including phenoxy) is 1. The fraction of sp³-hybridized carbons (Fsp3) is 0.280. The van der Waals surface area contributed by atoms with Gasteiger partial charge in [0.2, 0.25) is 0 Å². The SMILES string of the molecule is COc1ccc2c(O)c(C=C3N=Nc4ccccc43)oc2c1/C=C\CN1CCCCC1. The van der Waals surface area contributed by atoms with E-state index in [9.17, 15) is 5.11 Å². The number of rotatable bonds is 5. The van der Waals surface area contributed by atoms with Gasteiger partial charge in [0.1, 0.15) is 11.3 Å². The average Bonchev–Trinajstić information content (AvgIpc) is 3.36. The monoisotopic (exact) mass is 415 g/mol. The van der Waals surface area contributed by atoms with E-state index in [2.05, 4.69) is 21.2 Å². The Hall–Kier alpha value is -3.38. The number of nitrogens with zero attached hydrogens (tertiary/aromatic N) is 3. The number of azo groups is 1. The maximum absolute atomic E-state index is 10.8. The highest BCUT2D eigenvalue weighted by molar-refractivity contribution is 5.97. The summed E-state index contributed by atoms with van der Waals surface area (Å²) in [6.07, 6.45) is 9.75. The van der Waals surface area contributed by atoms with E-state index in [-0.39, 0.29) is 5.75 Å². The molecule has 1 N–H and O–H groups in total. The number of hydrogen-bond acceptors (Lipinski definition) is 6. The van der Waals surface area contributed by atoms with Crippen molar-refractivity contribution in [2.24, 2.45) is 10.2 Å². The number of aromatic hydroxyl groups is 1. The van der Waals surface area contributed by atoms with Gasteiger partial charge in [0.25, 0.3) is 0 Å². The first-order valence-corrected chi connectivity index (χ1v) is 10.7. The Balaban J connectivity index is 1.51. The summed E-state index contributed by atoms with van der Waals surface area (Å²) in [6, 6.07) is 11.4. The first-order valence-electron chi connectivity index (χ1n) is 10.7. The molecule has 0 bridgehead atoms. The number of piperidine rings is 1. The summed E-state index contributed by atoms with van der Waals surface area (Å²) in [4.78, 5) is 2.45. The lowest BCUT2D eigenvalue weighted by molar-refractivity contribution is 0.252. The molecule has 3 aromatic rings. The average molecular weight is 415 g/mol. The van der Waals surface area contributed by atoms with Crippen LogP contribution >= 0.6 is 0 Å². The largest absolute Gasteiger partial charge is 0.504 e. The van der Waals surface area contributed by atoms with E-state index < -0.39 is 0 Å². The Bertz CT molecular complexity index is 1200. The number of benzene rings is 2. The molecule has 0 spiro atoms. The van der Waals surface area contributed by atoms with Gasteiger partial charge in [-0.25, -0.2) is 0 Å². The molecule has 2 aromatic carbocycles. The lowest BCUT2D eigenvalue weighted by Crippen LogP contribution is -2.29. The van der Waals surface area contributed by atoms with Crippen molar-refractivity contribution in [2.75, 3.05) is 26.7 Å². The third-order valence-electron chi connectivity index (χ3n) is 5.89. The van der Waals surface area contributed by atoms with Crippen molar-refractivity contribution < 1.29 is 14.3 Å². The molecule has 2 aliphatic heterocycles. The molecule has 0 atom stereocenters. The minimum Gasteiger partial charge on any atom is -0.504 e. The Morgan fingerprint density at radius 1 is 1.10 bits per heavy atom. The number of fused-ring (bicyclic) bond motifs is 2. The molecule has 0 radical (unpaired) electrons. The van der Waals surface area contributed by atoms with Gasteiger partial charge in [0, 0.05) is 18.2 Å². The van der Waals surface area contributed by atoms with Gasteiger partial charge in [0.15, 0.2) is 11.5 Å². The highest BCUT2D eigenvalue weighted by Crippen LogP contribution is 2.42. The van der Waals surface area contributed by atoms with Crippen molar-refractivity contribution in [3.63, 3.8) is 0 Å². The van der Waals surface area contributed by atoms with Crippen molar-refractivity contribution >= 4 is 34.5 Å². The molecule has 0 saturated carbocycles. The Kier molecular flexibility index (Phi) is 5.30. The zero-order chi connectivity index (χ0) is 21.2. The molecule has 1 aromatic heterocycles. The maximum Gasteiger partial charge on any atom is 0.172 e. The summed E-state index contributed by atoms with van der Waals surface area (Å²) in [5.74, 6) is 1.16. The van der Waals surface area contributed by atoms with E-state index in [0.717, 1.165) is 36.4 Å². The summed E-state index contributed by atoms with van der Waals surface area (Å²) in [5, 5.41) is 19.9. The van der Waals surface area contributed by atoms with E-state index >= 15 is 0 Å². The smallest absolute Gasteiger partial charge is 0.172 e. The normalized spacial score (nSPS) is 17.8. The van der Waals surface area contributed by atoms with Crippen molar-refractivity contribution in [1.29, 1.82) is 0 Å². The van der Waals surface area contributed by atoms with E-state index in [1.807, 2.05) is 42.5 Å². The minimum absolute atomic E-state index is 0.0930. The van der Waals surface area contributed by atoms with Crippen LogP contribution in [0.5, 0.6) is 11.5 Å². The first kappa shape index (κ1) is 19.6. The summed E-state index contributed by atoms with van der Waals surface area (Å²) >= 11 is 0. The Labute approximate surface area is 181 Å². The van der Waals surface area contributed by atoms with Gasteiger partial charge in [-0.15, -0.1) is 10.2 Å². The molecule has 0 aliphatic carbocycles. The third kappa shape index (κ3) is 3.75. The topological polar surface area (TPSA) is 70.6 Å². The highest BCUT2D eigenvalue weighted by Gasteiger charge is 2.20. The summed E-state index contributed by atoms with van der Waals surface area (Å²) in [6.45, 7) is 3.17. The van der Waals surface area contributed by atoms with Crippen molar-refractivity contribution in [3.8, 4) is 11.5 Å². The number of hydrogen-bond donors (Lipinski definition) is 1. The van der Waals surface area contributed by atoms with Gasteiger partial charge < -0.3 is 14.3 Å². The molecule has 6 heteroatoms. The van der Waals surface area contributed by atoms with Gasteiger partial charge >= 0.3 is 0 Å². The molecule has 158 valence electrons. The molecule has 3 heterocycles. The van der Waals surface area contributed by atoms with Crippen LogP contribution in [0.1, 0.15) is 36.1 Å². The quantitative estimate of drug-likeness (QED) is 0.535. The summed E-state index contributed by atoms with van der Waals surface area (Å²) in [7, 11) is 1.64. The van der Waals surface area contributed by atoms with E-state index in [0.29, 0.717) is 28.2 Å². The van der Waals surface area contributed by atoms with Crippen LogP contribution in [0.2, 0.25) is 0 Å². The second-order valence-electron chi connectivity index (χ2n) is 7.88. The molecule has 6 nitrogen and oxygen atoms in total. The Morgan fingerprint density at radius 3 is 2.77 bits per heavy atom. The predicted octanol–water partition coefficient (Wildman–Crippen LogP) is 6.24. The second-order valence-corrected chi connectivity index (χ2v) is 7.88. The summed E-state index contributed by atoms with van der Waals surface area (Å²) < 4.78 is 11.7. The van der Waals surface area contributed by atoms with Gasteiger partial charge in [-0.3, -0.25) is 4.90 Å². The highest BCUT2D eigenvalue weighted by atomic mass is 16.5. The predicted molar refractivity (Wildman–Crippen MR) is 123 cm³/mol. The number of likely N-dealkylation sites (tertiary alicyclic amines) is 1. The molecule has 0 amide bonds. The minimum atomic E-state index is 0.0930. The van der Waals surface area contributed by atoms with Crippen LogP contribution in [0.3, 0.4) is 0 Å². The van der Waals surface area contributed by atoms with Gasteiger partial charge in [0.05, 0.1) is 29.4 Å². The first-order chi connectivity index (χ1) is 15.2. The molecule has 1 fully saturated rings. The van der Waals surface area contributed by atoms with Crippen molar-refractivity contribution in [3.05, 3.63) is 59.4 Å². The van der Waals surface area contributed by atoms with Gasteiger partial charge in [-0.05, 0) is 44.1 Å². The molecular weight excluding hydrogens is 390 g/mol. The zero-order valence-corrected chi connectivity index (χ0v) is 17.5. The van der Waals surface area contributed by atoms with Gasteiger partial charge in [-0.2, -0.15) is 0 Å². The third-order valence-corrected chi connectivity index (χ3v) is 5.89. The number of furan rings is 1. The molecule has 1 saturated heterocycles. The lowest BCUT2D eigenvalue weighted by Gasteiger charge is -2.24. The van der Waals surface area contributed by atoms with Crippen LogP contribution in [0.15, 0.2) is 57.1 Å². The molecule has 31 heavy (non-hydrogen) atoms. The summed E-state index contributed by atoms with van der Waals surface area (Å²) in [5.41, 5.74) is 3.82. The second kappa shape index (κ2) is 8.40. The lowest BCUT2D eigenvalue weighted by atomic mass is 10.1. The van der Waals surface area contributed by atoms with Gasteiger partial charge in [-0.1, -0.05) is 36.8 Å². The van der Waals surface area contributed by atoms with Crippen LogP contribution in [0, 0.1) is 0 Å². The van der Waals surface area contributed by atoms with E-state index in [1.165, 1.54) is 19.3 Å². The van der Waals surface area contributed by atoms with Crippen LogP contribution in [0.4, 0.5) is 5.69 Å². The van der Waals surface area contributed by atoms with Crippen LogP contribution in [-0.2, 0) is 0 Å².